The summed E-state index contributed by atoms with van der Waals surface area (Å²) in [4.78, 5) is 44.8. The van der Waals surface area contributed by atoms with Gasteiger partial charge in [-0.05, 0) is 0 Å². The van der Waals surface area contributed by atoms with Crippen molar-refractivity contribution in [3.63, 3.8) is 0 Å². The van der Waals surface area contributed by atoms with Crippen LogP contribution in [0.1, 0.15) is 27.7 Å². The van der Waals surface area contributed by atoms with Crippen molar-refractivity contribution in [2.45, 2.75) is 33.8 Å². The summed E-state index contributed by atoms with van der Waals surface area (Å²) in [7, 11) is 2.77. The molecule has 0 aromatic carbocycles. The fourth-order valence-corrected chi connectivity index (χ4v) is 1.31. The topological polar surface area (TPSA) is 105 Å². The van der Waals surface area contributed by atoms with Crippen molar-refractivity contribution < 1.29 is 42.6 Å². The monoisotopic (exact) mass is 306 g/mol. The van der Waals surface area contributed by atoms with Gasteiger partial charge in [0.2, 0.25) is 6.73 Å². The van der Waals surface area contributed by atoms with Crippen molar-refractivity contribution in [1.82, 2.24) is 0 Å². The van der Waals surface area contributed by atoms with Gasteiger partial charge in [-0.1, -0.05) is 0 Å². The number of nitrogens with zero attached hydrogens (tertiary/aromatic N) is 1. The molecule has 0 radical (unpaired) electrons. The third-order valence-corrected chi connectivity index (χ3v) is 2.15. The molecule has 0 rings (SSSR count). The molecule has 0 bridgehead atoms. The summed E-state index contributed by atoms with van der Waals surface area (Å²) in [6.45, 7) is 3.95. The first-order chi connectivity index (χ1) is 9.42. The van der Waals surface area contributed by atoms with Crippen LogP contribution < -0.4 is 0 Å². The van der Waals surface area contributed by atoms with Gasteiger partial charge >= 0.3 is 30.0 Å². The zero-order valence-corrected chi connectivity index (χ0v) is 12.9. The van der Waals surface area contributed by atoms with E-state index in [1.165, 1.54) is 21.0 Å². The van der Waals surface area contributed by atoms with Crippen LogP contribution in [-0.2, 0) is 38.1 Å². The average molecular weight is 306 g/mol. The van der Waals surface area contributed by atoms with Gasteiger partial charge in [-0.25, -0.2) is 0 Å². The number of rotatable bonds is 6. The molecule has 0 aliphatic heterocycles. The molecule has 0 aromatic heterocycles. The molecule has 0 saturated heterocycles. The summed E-state index contributed by atoms with van der Waals surface area (Å²) >= 11 is 0. The second-order valence-electron chi connectivity index (χ2n) is 4.75. The smallest absolute Gasteiger partial charge is 0.415 e. The lowest BCUT2D eigenvalue weighted by Crippen LogP contribution is -2.66. The molecule has 0 aliphatic carbocycles. The van der Waals surface area contributed by atoms with E-state index in [4.69, 9.17) is 18.9 Å². The molecule has 0 fully saturated rings. The molecule has 21 heavy (non-hydrogen) atoms. The molecule has 120 valence electrons. The van der Waals surface area contributed by atoms with Gasteiger partial charge in [-0.15, -0.1) is 0 Å². The highest BCUT2D eigenvalue weighted by Crippen LogP contribution is 2.27. The van der Waals surface area contributed by atoms with Gasteiger partial charge < -0.3 is 18.9 Å². The number of carbonyl (C=O) groups is 4. The Morgan fingerprint density at radius 1 is 0.762 bits per heavy atom. The zero-order valence-electron chi connectivity index (χ0n) is 12.9. The van der Waals surface area contributed by atoms with Crippen LogP contribution in [0.2, 0.25) is 0 Å². The fraction of sp³-hybridized carbons (Fsp3) is 0.667. The van der Waals surface area contributed by atoms with Gasteiger partial charge in [0, 0.05) is 27.7 Å². The molecule has 0 atom stereocenters. The summed E-state index contributed by atoms with van der Waals surface area (Å²) in [5.41, 5.74) is 0. The number of ether oxygens (including phenoxy) is 4. The summed E-state index contributed by atoms with van der Waals surface area (Å²) in [5, 5.41) is 0. The van der Waals surface area contributed by atoms with E-state index in [1.807, 2.05) is 0 Å². The zero-order chi connectivity index (χ0) is 16.8. The molecule has 0 heterocycles. The van der Waals surface area contributed by atoms with E-state index < -0.39 is 34.5 Å². The highest BCUT2D eigenvalue weighted by atomic mass is 16.9. The second-order valence-corrected chi connectivity index (χ2v) is 4.75. The van der Waals surface area contributed by atoms with Crippen molar-refractivity contribution in [3.05, 3.63) is 0 Å². The Kier molecular flexibility index (Phi) is 6.30. The summed E-state index contributed by atoms with van der Waals surface area (Å²) in [6.07, 6.45) is -2.39. The van der Waals surface area contributed by atoms with Crippen LogP contribution in [0.15, 0.2) is 0 Å². The summed E-state index contributed by atoms with van der Waals surface area (Å²) in [6, 6.07) is 0. The molecule has 9 nitrogen and oxygen atoms in total. The quantitative estimate of drug-likeness (QED) is 0.380. The highest BCUT2D eigenvalue weighted by Gasteiger charge is 2.59. The predicted molar refractivity (Wildman–Crippen MR) is 66.8 cm³/mol. The van der Waals surface area contributed by atoms with E-state index in [-0.39, 0.29) is 6.73 Å². The predicted octanol–water partition coefficient (Wildman–Crippen LogP) is -0.116. The molecule has 0 amide bonds. The van der Waals surface area contributed by atoms with Crippen LogP contribution in [0.3, 0.4) is 0 Å². The van der Waals surface area contributed by atoms with Gasteiger partial charge in [0.05, 0.1) is 14.1 Å². The van der Waals surface area contributed by atoms with E-state index in [2.05, 4.69) is 0 Å². The Morgan fingerprint density at radius 2 is 1.10 bits per heavy atom. The number of hydrogen-bond acceptors (Lipinski definition) is 8. The van der Waals surface area contributed by atoms with Crippen LogP contribution in [0.25, 0.3) is 0 Å². The van der Waals surface area contributed by atoms with Crippen molar-refractivity contribution in [2.75, 3.05) is 20.8 Å². The number of quaternary nitrogens is 1. The third kappa shape index (κ3) is 5.78. The van der Waals surface area contributed by atoms with Crippen molar-refractivity contribution in [2.24, 2.45) is 0 Å². The Bertz CT molecular complexity index is 402. The molecular formula is C12H20NO8+. The molecule has 0 saturated carbocycles. The maximum Gasteiger partial charge on any atom is 0.600 e. The fourth-order valence-electron chi connectivity index (χ4n) is 1.31. The van der Waals surface area contributed by atoms with Crippen LogP contribution >= 0.6 is 0 Å². The number of hydrogen-bond donors (Lipinski definition) is 0. The Morgan fingerprint density at radius 3 is 1.33 bits per heavy atom. The minimum Gasteiger partial charge on any atom is -0.415 e. The summed E-state index contributed by atoms with van der Waals surface area (Å²) < 4.78 is 19.0. The molecule has 0 aromatic rings. The first-order valence-corrected chi connectivity index (χ1v) is 5.97. The molecule has 0 spiro atoms. The van der Waals surface area contributed by atoms with Gasteiger partial charge in [-0.3, -0.25) is 19.2 Å². The van der Waals surface area contributed by atoms with E-state index >= 15 is 0 Å². The molecule has 0 aliphatic rings. The molecule has 0 unspecified atom stereocenters. The normalized spacial score (nSPS) is 11.3. The van der Waals surface area contributed by atoms with E-state index in [0.717, 1.165) is 20.8 Å². The lowest BCUT2D eigenvalue weighted by atomic mass is 10.5. The van der Waals surface area contributed by atoms with Crippen molar-refractivity contribution in [1.29, 1.82) is 0 Å². The highest BCUT2D eigenvalue weighted by molar-refractivity contribution is 5.70. The average Bonchev–Trinajstić information content (AvgIpc) is 2.23. The standard InChI is InChI=1S/C12H20NO8/c1-8(14)18-7-13(5,6)12(19-9(2)15,20-10(3)16)21-11(4)17/h7H2,1-6H3/q+1. The lowest BCUT2D eigenvalue weighted by Gasteiger charge is -2.40. The maximum atomic E-state index is 11.3. The van der Waals surface area contributed by atoms with Gasteiger partial charge in [-0.2, -0.15) is 4.48 Å². The molecule has 9 heteroatoms. The molecule has 0 N–H and O–H groups in total. The second kappa shape index (κ2) is 7.02. The van der Waals surface area contributed by atoms with Crippen LogP contribution in [-0.4, -0.2) is 55.3 Å². The van der Waals surface area contributed by atoms with Crippen LogP contribution in [0.4, 0.5) is 0 Å². The lowest BCUT2D eigenvalue weighted by molar-refractivity contribution is -1.03. The van der Waals surface area contributed by atoms with Crippen molar-refractivity contribution >= 4 is 23.9 Å². The number of esters is 4. The molecular weight excluding hydrogens is 286 g/mol. The summed E-state index contributed by atoms with van der Waals surface area (Å²) in [5.74, 6) is -3.17. The van der Waals surface area contributed by atoms with E-state index in [9.17, 15) is 19.2 Å². The van der Waals surface area contributed by atoms with E-state index in [0.29, 0.717) is 0 Å². The maximum absolute atomic E-state index is 11.3. The first-order valence-electron chi connectivity index (χ1n) is 5.97. The minimum atomic E-state index is -2.39. The minimum absolute atomic E-state index is 0.372. The Hall–Kier alpha value is -2.16. The SMILES string of the molecule is CC(=O)OC[N+](C)(C)C(OC(C)=O)(OC(C)=O)OC(C)=O. The van der Waals surface area contributed by atoms with Crippen LogP contribution in [0, 0.1) is 0 Å². The number of carbonyl (C=O) groups excluding carboxylic acids is 4. The Balaban J connectivity index is 5.67. The van der Waals surface area contributed by atoms with Gasteiger partial charge in [0.25, 0.3) is 0 Å². The van der Waals surface area contributed by atoms with Crippen LogP contribution in [0.5, 0.6) is 0 Å². The van der Waals surface area contributed by atoms with Gasteiger partial charge in [0.1, 0.15) is 0 Å². The van der Waals surface area contributed by atoms with Crippen molar-refractivity contribution in [3.8, 4) is 0 Å². The Labute approximate surface area is 122 Å². The first kappa shape index (κ1) is 18.8. The van der Waals surface area contributed by atoms with Gasteiger partial charge in [0.15, 0.2) is 0 Å². The third-order valence-electron chi connectivity index (χ3n) is 2.15. The largest absolute Gasteiger partial charge is 0.600 e. The van der Waals surface area contributed by atoms with E-state index in [1.54, 1.807) is 0 Å².